The van der Waals surface area contributed by atoms with Crippen LogP contribution in [0.25, 0.3) is 0 Å². The Kier molecular flexibility index (Phi) is 4.41. The summed E-state index contributed by atoms with van der Waals surface area (Å²) in [6, 6.07) is 5.39. The molecule has 20 heavy (non-hydrogen) atoms. The van der Waals surface area contributed by atoms with Crippen LogP contribution in [0.15, 0.2) is 29.9 Å². The van der Waals surface area contributed by atoms with E-state index in [2.05, 4.69) is 45.5 Å². The molecular formula is C16H23N3S. The Morgan fingerprint density at radius 3 is 3.00 bits per heavy atom. The number of nitrogens with zero attached hydrogens (tertiary/aromatic N) is 2. The molecule has 2 heterocycles. The first-order chi connectivity index (χ1) is 9.88. The number of aromatic nitrogens is 2. The van der Waals surface area contributed by atoms with Crippen LogP contribution in [0, 0.1) is 0 Å². The zero-order valence-electron chi connectivity index (χ0n) is 12.1. The Labute approximate surface area is 125 Å². The van der Waals surface area contributed by atoms with Crippen LogP contribution in [0.4, 0.5) is 5.95 Å². The second-order valence-electron chi connectivity index (χ2n) is 5.60. The van der Waals surface area contributed by atoms with Gasteiger partial charge in [-0.25, -0.2) is 4.98 Å². The molecule has 0 amide bonds. The Morgan fingerprint density at radius 2 is 2.30 bits per heavy atom. The van der Waals surface area contributed by atoms with Gasteiger partial charge in [0.25, 0.3) is 0 Å². The van der Waals surface area contributed by atoms with Crippen LogP contribution < -0.4 is 5.32 Å². The molecular weight excluding hydrogens is 266 g/mol. The molecule has 1 fully saturated rings. The van der Waals surface area contributed by atoms with Crippen molar-refractivity contribution < 1.29 is 0 Å². The van der Waals surface area contributed by atoms with Gasteiger partial charge < -0.3 is 9.88 Å². The SMILES string of the molecule is CCCC(Nc1nccn1C1CCCC1)c1cccs1. The van der Waals surface area contributed by atoms with Gasteiger partial charge in [0.1, 0.15) is 0 Å². The van der Waals surface area contributed by atoms with Gasteiger partial charge in [-0.05, 0) is 30.7 Å². The third-order valence-electron chi connectivity index (χ3n) is 4.15. The monoisotopic (exact) mass is 289 g/mol. The highest BCUT2D eigenvalue weighted by Gasteiger charge is 2.21. The number of rotatable bonds is 6. The molecule has 1 aliphatic rings. The lowest BCUT2D eigenvalue weighted by atomic mass is 10.1. The summed E-state index contributed by atoms with van der Waals surface area (Å²) < 4.78 is 2.35. The topological polar surface area (TPSA) is 29.9 Å². The van der Waals surface area contributed by atoms with Crippen molar-refractivity contribution in [1.29, 1.82) is 0 Å². The van der Waals surface area contributed by atoms with Gasteiger partial charge in [0, 0.05) is 23.3 Å². The van der Waals surface area contributed by atoms with E-state index in [0.717, 1.165) is 12.4 Å². The third-order valence-corrected chi connectivity index (χ3v) is 5.14. The maximum absolute atomic E-state index is 4.55. The number of anilines is 1. The first kappa shape index (κ1) is 13.7. The number of hydrogen-bond acceptors (Lipinski definition) is 3. The molecule has 3 rings (SSSR count). The summed E-state index contributed by atoms with van der Waals surface area (Å²) in [4.78, 5) is 5.96. The minimum absolute atomic E-state index is 0.391. The lowest BCUT2D eigenvalue weighted by Gasteiger charge is -2.21. The molecule has 0 aromatic carbocycles. The number of thiophene rings is 1. The van der Waals surface area contributed by atoms with Gasteiger partial charge in [0.15, 0.2) is 0 Å². The summed E-state index contributed by atoms with van der Waals surface area (Å²) in [6.45, 7) is 2.24. The highest BCUT2D eigenvalue weighted by molar-refractivity contribution is 7.10. The Balaban J connectivity index is 1.77. The van der Waals surface area contributed by atoms with Crippen molar-refractivity contribution in [3.63, 3.8) is 0 Å². The molecule has 0 saturated heterocycles. The average Bonchev–Trinajstić information content (AvgIpc) is 3.20. The normalized spacial score (nSPS) is 17.4. The fourth-order valence-electron chi connectivity index (χ4n) is 3.12. The highest BCUT2D eigenvalue weighted by Crippen LogP contribution is 2.33. The van der Waals surface area contributed by atoms with Crippen LogP contribution in [0.2, 0.25) is 0 Å². The van der Waals surface area contributed by atoms with E-state index in [-0.39, 0.29) is 0 Å². The largest absolute Gasteiger partial charge is 0.348 e. The first-order valence-corrected chi connectivity index (χ1v) is 8.59. The second kappa shape index (κ2) is 6.44. The predicted molar refractivity (Wildman–Crippen MR) is 85.3 cm³/mol. The van der Waals surface area contributed by atoms with E-state index in [0.29, 0.717) is 12.1 Å². The quantitative estimate of drug-likeness (QED) is 0.809. The van der Waals surface area contributed by atoms with E-state index in [1.807, 2.05) is 17.5 Å². The number of hydrogen-bond donors (Lipinski definition) is 1. The summed E-state index contributed by atoms with van der Waals surface area (Å²) in [5.74, 6) is 1.05. The van der Waals surface area contributed by atoms with Crippen LogP contribution in [0.3, 0.4) is 0 Å². The molecule has 3 nitrogen and oxygen atoms in total. The standard InChI is InChI=1S/C16H23N3S/c1-2-6-14(15-9-5-12-20-15)18-16-17-10-11-19(16)13-7-3-4-8-13/h5,9-14H,2-4,6-8H2,1H3,(H,17,18). The zero-order valence-corrected chi connectivity index (χ0v) is 12.9. The van der Waals surface area contributed by atoms with Crippen LogP contribution in [-0.4, -0.2) is 9.55 Å². The molecule has 1 N–H and O–H groups in total. The summed E-state index contributed by atoms with van der Waals surface area (Å²) in [5, 5.41) is 5.83. The Morgan fingerprint density at radius 1 is 1.45 bits per heavy atom. The number of nitrogens with one attached hydrogen (secondary N) is 1. The lowest BCUT2D eigenvalue weighted by molar-refractivity contribution is 0.518. The smallest absolute Gasteiger partial charge is 0.203 e. The fraction of sp³-hybridized carbons (Fsp3) is 0.562. The molecule has 1 unspecified atom stereocenters. The molecule has 2 aromatic heterocycles. The van der Waals surface area contributed by atoms with Gasteiger partial charge in [-0.15, -0.1) is 11.3 Å². The lowest BCUT2D eigenvalue weighted by Crippen LogP contribution is -2.15. The van der Waals surface area contributed by atoms with E-state index in [1.165, 1.54) is 37.0 Å². The molecule has 108 valence electrons. The fourth-order valence-corrected chi connectivity index (χ4v) is 3.93. The van der Waals surface area contributed by atoms with Crippen LogP contribution in [0.1, 0.15) is 62.4 Å². The summed E-state index contributed by atoms with van der Waals surface area (Å²) in [6.07, 6.45) is 11.7. The van der Waals surface area contributed by atoms with Crippen LogP contribution >= 0.6 is 11.3 Å². The zero-order chi connectivity index (χ0) is 13.8. The van der Waals surface area contributed by atoms with E-state index in [4.69, 9.17) is 0 Å². The van der Waals surface area contributed by atoms with E-state index < -0.39 is 0 Å². The maximum Gasteiger partial charge on any atom is 0.203 e. The molecule has 4 heteroatoms. The third kappa shape index (κ3) is 2.90. The van der Waals surface area contributed by atoms with Gasteiger partial charge >= 0.3 is 0 Å². The molecule has 1 saturated carbocycles. The minimum Gasteiger partial charge on any atom is -0.348 e. The van der Waals surface area contributed by atoms with Crippen LogP contribution in [0.5, 0.6) is 0 Å². The van der Waals surface area contributed by atoms with Crippen molar-refractivity contribution in [2.24, 2.45) is 0 Å². The van der Waals surface area contributed by atoms with Crippen molar-refractivity contribution >= 4 is 17.3 Å². The maximum atomic E-state index is 4.55. The van der Waals surface area contributed by atoms with Crippen molar-refractivity contribution in [1.82, 2.24) is 9.55 Å². The molecule has 0 radical (unpaired) electrons. The Bertz CT molecular complexity index is 512. The summed E-state index contributed by atoms with van der Waals surface area (Å²) in [5.41, 5.74) is 0. The first-order valence-electron chi connectivity index (χ1n) is 7.71. The van der Waals surface area contributed by atoms with Crippen molar-refractivity contribution in [2.45, 2.75) is 57.5 Å². The van der Waals surface area contributed by atoms with E-state index in [1.54, 1.807) is 0 Å². The Hall–Kier alpha value is -1.29. The van der Waals surface area contributed by atoms with Gasteiger partial charge in [0.05, 0.1) is 6.04 Å². The molecule has 0 aliphatic heterocycles. The van der Waals surface area contributed by atoms with Gasteiger partial charge in [-0.3, -0.25) is 0 Å². The molecule has 2 aromatic rings. The average molecular weight is 289 g/mol. The van der Waals surface area contributed by atoms with Crippen molar-refractivity contribution in [2.75, 3.05) is 5.32 Å². The van der Waals surface area contributed by atoms with E-state index in [9.17, 15) is 0 Å². The van der Waals surface area contributed by atoms with E-state index >= 15 is 0 Å². The second-order valence-corrected chi connectivity index (χ2v) is 6.58. The van der Waals surface area contributed by atoms with Gasteiger partial charge in [-0.1, -0.05) is 32.3 Å². The number of imidazole rings is 1. The van der Waals surface area contributed by atoms with Gasteiger partial charge in [-0.2, -0.15) is 0 Å². The molecule has 0 bridgehead atoms. The summed E-state index contributed by atoms with van der Waals surface area (Å²) >= 11 is 1.83. The van der Waals surface area contributed by atoms with Crippen molar-refractivity contribution in [3.05, 3.63) is 34.8 Å². The molecule has 0 spiro atoms. The minimum atomic E-state index is 0.391. The highest BCUT2D eigenvalue weighted by atomic mass is 32.1. The summed E-state index contributed by atoms with van der Waals surface area (Å²) in [7, 11) is 0. The van der Waals surface area contributed by atoms with Crippen LogP contribution in [-0.2, 0) is 0 Å². The van der Waals surface area contributed by atoms with Gasteiger partial charge in [0.2, 0.25) is 5.95 Å². The molecule has 1 aliphatic carbocycles. The molecule has 1 atom stereocenters. The van der Waals surface area contributed by atoms with Crippen molar-refractivity contribution in [3.8, 4) is 0 Å². The predicted octanol–water partition coefficient (Wildman–Crippen LogP) is 5.01.